The molecule has 2 aromatic carbocycles. The number of hydrogen-bond donors (Lipinski definition) is 1. The van der Waals surface area contributed by atoms with Gasteiger partial charge < -0.3 is 19.2 Å². The Bertz CT molecular complexity index is 860. The lowest BCUT2D eigenvalue weighted by Crippen LogP contribution is -2.39. The molecule has 6 heteroatoms. The average Bonchev–Trinajstić information content (AvgIpc) is 3.17. The third-order valence-corrected chi connectivity index (χ3v) is 4.27. The quantitative estimate of drug-likeness (QED) is 0.643. The Hall–Kier alpha value is -2.92. The summed E-state index contributed by atoms with van der Waals surface area (Å²) in [4.78, 5) is 14.7. The Labute approximate surface area is 162 Å². The van der Waals surface area contributed by atoms with Crippen molar-refractivity contribution in [2.45, 2.75) is 26.1 Å². The second kappa shape index (κ2) is 8.64. The number of amides is 1. The van der Waals surface area contributed by atoms with Crippen LogP contribution in [0.15, 0.2) is 71.3 Å². The van der Waals surface area contributed by atoms with Crippen molar-refractivity contribution in [1.82, 2.24) is 4.90 Å². The van der Waals surface area contributed by atoms with Crippen LogP contribution in [0.2, 0.25) is 5.02 Å². The fourth-order valence-corrected chi connectivity index (χ4v) is 2.77. The number of benzene rings is 2. The molecule has 0 aliphatic heterocycles. The van der Waals surface area contributed by atoms with Crippen LogP contribution in [0.1, 0.15) is 18.2 Å². The minimum absolute atomic E-state index is 0.172. The number of aromatic hydroxyl groups is 1. The zero-order valence-corrected chi connectivity index (χ0v) is 15.6. The molecule has 0 saturated heterocycles. The minimum atomic E-state index is -0.682. The Morgan fingerprint density at radius 1 is 1.11 bits per heavy atom. The molecular weight excluding hydrogens is 366 g/mol. The predicted molar refractivity (Wildman–Crippen MR) is 103 cm³/mol. The van der Waals surface area contributed by atoms with Crippen LogP contribution in [0.25, 0.3) is 0 Å². The van der Waals surface area contributed by atoms with Crippen molar-refractivity contribution >= 4 is 17.5 Å². The maximum absolute atomic E-state index is 13.0. The lowest BCUT2D eigenvalue weighted by Gasteiger charge is -2.25. The molecule has 1 atom stereocenters. The van der Waals surface area contributed by atoms with Gasteiger partial charge >= 0.3 is 0 Å². The fourth-order valence-electron chi connectivity index (χ4n) is 2.65. The van der Waals surface area contributed by atoms with Crippen LogP contribution in [0.3, 0.4) is 0 Å². The summed E-state index contributed by atoms with van der Waals surface area (Å²) in [5, 5.41) is 10.1. The molecule has 0 bridgehead atoms. The molecular formula is C21H20ClNO4. The van der Waals surface area contributed by atoms with Gasteiger partial charge in [-0.15, -0.1) is 0 Å². The number of hydrogen-bond acceptors (Lipinski definition) is 4. The van der Waals surface area contributed by atoms with E-state index in [2.05, 4.69) is 0 Å². The molecule has 1 aromatic heterocycles. The zero-order chi connectivity index (χ0) is 19.2. The molecule has 140 valence electrons. The molecule has 1 amide bonds. The predicted octanol–water partition coefficient (Wildman–Crippen LogP) is 4.63. The number of carbonyl (C=O) groups excluding carboxylic acids is 1. The van der Waals surface area contributed by atoms with Crippen molar-refractivity contribution < 1.29 is 19.1 Å². The van der Waals surface area contributed by atoms with E-state index in [-0.39, 0.29) is 11.7 Å². The van der Waals surface area contributed by atoms with Crippen molar-refractivity contribution in [2.24, 2.45) is 0 Å². The van der Waals surface area contributed by atoms with Crippen LogP contribution in [-0.4, -0.2) is 22.0 Å². The summed E-state index contributed by atoms with van der Waals surface area (Å²) in [5.41, 5.74) is 0.895. The van der Waals surface area contributed by atoms with Crippen molar-refractivity contribution in [3.63, 3.8) is 0 Å². The van der Waals surface area contributed by atoms with E-state index in [0.717, 1.165) is 5.56 Å². The third-order valence-electron chi connectivity index (χ3n) is 4.02. The number of ether oxygens (including phenoxy) is 1. The highest BCUT2D eigenvalue weighted by atomic mass is 35.5. The van der Waals surface area contributed by atoms with Gasteiger partial charge in [-0.1, -0.05) is 23.7 Å². The van der Waals surface area contributed by atoms with Crippen LogP contribution in [-0.2, 0) is 17.9 Å². The lowest BCUT2D eigenvalue weighted by atomic mass is 10.2. The van der Waals surface area contributed by atoms with Gasteiger partial charge in [0.25, 0.3) is 5.91 Å². The normalized spacial score (nSPS) is 11.8. The van der Waals surface area contributed by atoms with Crippen molar-refractivity contribution in [1.29, 1.82) is 0 Å². The molecule has 1 heterocycles. The molecule has 0 aliphatic carbocycles. The average molecular weight is 386 g/mol. The van der Waals surface area contributed by atoms with E-state index in [1.807, 2.05) is 6.07 Å². The first kappa shape index (κ1) is 18.9. The number of carbonyl (C=O) groups is 1. The van der Waals surface area contributed by atoms with Gasteiger partial charge in [0.05, 0.1) is 12.8 Å². The molecule has 1 N–H and O–H groups in total. The topological polar surface area (TPSA) is 62.9 Å². The van der Waals surface area contributed by atoms with E-state index in [1.165, 1.54) is 0 Å². The van der Waals surface area contributed by atoms with Gasteiger partial charge in [0.1, 0.15) is 17.3 Å². The van der Waals surface area contributed by atoms with E-state index in [4.69, 9.17) is 20.8 Å². The van der Waals surface area contributed by atoms with Crippen molar-refractivity contribution in [3.05, 3.63) is 83.3 Å². The van der Waals surface area contributed by atoms with Crippen LogP contribution < -0.4 is 4.74 Å². The molecule has 3 aromatic rings. The number of halogens is 1. The third kappa shape index (κ3) is 5.28. The fraction of sp³-hybridized carbons (Fsp3) is 0.190. The Morgan fingerprint density at radius 2 is 1.81 bits per heavy atom. The smallest absolute Gasteiger partial charge is 0.264 e. The second-order valence-electron chi connectivity index (χ2n) is 6.15. The highest BCUT2D eigenvalue weighted by Gasteiger charge is 2.23. The molecule has 0 radical (unpaired) electrons. The van der Waals surface area contributed by atoms with E-state index in [9.17, 15) is 9.90 Å². The monoisotopic (exact) mass is 385 g/mol. The minimum Gasteiger partial charge on any atom is -0.508 e. The molecule has 0 unspecified atom stereocenters. The molecule has 27 heavy (non-hydrogen) atoms. The van der Waals surface area contributed by atoms with Crippen LogP contribution in [0.5, 0.6) is 11.5 Å². The molecule has 3 rings (SSSR count). The highest BCUT2D eigenvalue weighted by molar-refractivity contribution is 6.30. The summed E-state index contributed by atoms with van der Waals surface area (Å²) in [7, 11) is 0. The zero-order valence-electron chi connectivity index (χ0n) is 14.8. The van der Waals surface area contributed by atoms with Gasteiger partial charge in [0, 0.05) is 11.6 Å². The number of furan rings is 1. The first-order valence-corrected chi connectivity index (χ1v) is 8.90. The Balaban J connectivity index is 1.74. The molecule has 0 saturated carbocycles. The summed E-state index contributed by atoms with van der Waals surface area (Å²) in [6.45, 7) is 2.40. The van der Waals surface area contributed by atoms with E-state index in [1.54, 1.807) is 72.7 Å². The lowest BCUT2D eigenvalue weighted by molar-refractivity contribution is -0.139. The second-order valence-corrected chi connectivity index (χ2v) is 6.59. The molecule has 0 aliphatic rings. The summed E-state index contributed by atoms with van der Waals surface area (Å²) in [5.74, 6) is 1.26. The molecule has 0 fully saturated rings. The van der Waals surface area contributed by atoms with Gasteiger partial charge in [-0.3, -0.25) is 4.79 Å². The van der Waals surface area contributed by atoms with E-state index < -0.39 is 6.10 Å². The molecule has 0 spiro atoms. The summed E-state index contributed by atoms with van der Waals surface area (Å²) in [6, 6.07) is 17.2. The highest BCUT2D eigenvalue weighted by Crippen LogP contribution is 2.19. The Kier molecular flexibility index (Phi) is 6.04. The SMILES string of the molecule is C[C@H](Oc1ccc(Cl)cc1)C(=O)N(Cc1ccc(O)cc1)Cc1ccco1. The first-order chi connectivity index (χ1) is 13.0. The largest absolute Gasteiger partial charge is 0.508 e. The number of phenolic OH excluding ortho intramolecular Hbond substituents is 1. The maximum Gasteiger partial charge on any atom is 0.264 e. The van der Waals surface area contributed by atoms with Gasteiger partial charge in [0.2, 0.25) is 0 Å². The van der Waals surface area contributed by atoms with Gasteiger partial charge in [0.15, 0.2) is 6.10 Å². The first-order valence-electron chi connectivity index (χ1n) is 8.52. The summed E-state index contributed by atoms with van der Waals surface area (Å²) < 4.78 is 11.2. The van der Waals surface area contributed by atoms with E-state index >= 15 is 0 Å². The standard InChI is InChI=1S/C21H20ClNO4/c1-15(27-19-10-6-17(22)7-11-19)21(25)23(14-20-3-2-12-26-20)13-16-4-8-18(24)9-5-16/h2-12,15,24H,13-14H2,1H3/t15-/m0/s1. The van der Waals surface area contributed by atoms with Gasteiger partial charge in [-0.05, 0) is 61.0 Å². The van der Waals surface area contributed by atoms with Crippen molar-refractivity contribution in [3.8, 4) is 11.5 Å². The van der Waals surface area contributed by atoms with Crippen LogP contribution in [0, 0.1) is 0 Å². The maximum atomic E-state index is 13.0. The van der Waals surface area contributed by atoms with E-state index in [0.29, 0.717) is 29.6 Å². The van der Waals surface area contributed by atoms with Gasteiger partial charge in [-0.2, -0.15) is 0 Å². The number of nitrogens with zero attached hydrogens (tertiary/aromatic N) is 1. The summed E-state index contributed by atoms with van der Waals surface area (Å²) in [6.07, 6.45) is 0.893. The van der Waals surface area contributed by atoms with Gasteiger partial charge in [-0.25, -0.2) is 0 Å². The summed E-state index contributed by atoms with van der Waals surface area (Å²) >= 11 is 5.88. The molecule has 5 nitrogen and oxygen atoms in total. The van der Waals surface area contributed by atoms with Crippen LogP contribution in [0.4, 0.5) is 0 Å². The van der Waals surface area contributed by atoms with Crippen LogP contribution >= 0.6 is 11.6 Å². The van der Waals surface area contributed by atoms with Crippen molar-refractivity contribution in [2.75, 3.05) is 0 Å². The number of rotatable bonds is 7. The Morgan fingerprint density at radius 3 is 2.44 bits per heavy atom. The number of phenols is 1.